The zero-order valence-corrected chi connectivity index (χ0v) is 14.9. The minimum absolute atomic E-state index is 0.566. The first-order valence-corrected chi connectivity index (χ1v) is 8.92. The lowest BCUT2D eigenvalue weighted by atomic mass is 10.1. The first-order chi connectivity index (χ1) is 13.4. The Morgan fingerprint density at radius 1 is 0.741 bits per heavy atom. The average Bonchev–Trinajstić information content (AvgIpc) is 2.74. The highest BCUT2D eigenvalue weighted by Gasteiger charge is 1.98. The predicted molar refractivity (Wildman–Crippen MR) is 112 cm³/mol. The molecule has 0 aliphatic carbocycles. The van der Waals surface area contributed by atoms with Gasteiger partial charge < -0.3 is 4.74 Å². The molecule has 0 radical (unpaired) electrons. The number of benzene rings is 4. The Kier molecular flexibility index (Phi) is 5.11. The maximum Gasteiger partial charge on any atom is 0.119 e. The zero-order valence-electron chi connectivity index (χ0n) is 14.9. The summed E-state index contributed by atoms with van der Waals surface area (Å²) in [5.74, 6) is 0.845. The Hall–Kier alpha value is -3.59. The molecule has 0 fully saturated rings. The number of hydrogen-bond donors (Lipinski definition) is 1. The molecule has 132 valence electrons. The van der Waals surface area contributed by atoms with Crippen molar-refractivity contribution < 1.29 is 4.74 Å². The van der Waals surface area contributed by atoms with Crippen LogP contribution in [0.5, 0.6) is 5.75 Å². The Bertz CT molecular complexity index is 1040. The molecule has 0 spiro atoms. The molecular weight excluding hydrogens is 332 g/mol. The van der Waals surface area contributed by atoms with Crippen molar-refractivity contribution in [2.45, 2.75) is 6.61 Å². The number of rotatable bonds is 6. The second-order valence-corrected chi connectivity index (χ2v) is 6.24. The van der Waals surface area contributed by atoms with Crippen molar-refractivity contribution in [3.63, 3.8) is 0 Å². The van der Waals surface area contributed by atoms with E-state index in [9.17, 15) is 0 Å². The van der Waals surface area contributed by atoms with E-state index in [1.54, 1.807) is 0 Å². The van der Waals surface area contributed by atoms with Gasteiger partial charge in [-0.15, -0.1) is 0 Å². The predicted octanol–water partition coefficient (Wildman–Crippen LogP) is 5.86. The van der Waals surface area contributed by atoms with E-state index in [0.717, 1.165) is 28.0 Å². The molecule has 0 aliphatic heterocycles. The highest BCUT2D eigenvalue weighted by molar-refractivity contribution is 5.94. The second kappa shape index (κ2) is 8.19. The van der Waals surface area contributed by atoms with Gasteiger partial charge in [-0.1, -0.05) is 66.7 Å². The summed E-state index contributed by atoms with van der Waals surface area (Å²) in [6.45, 7) is 0.566. The summed E-state index contributed by atoms with van der Waals surface area (Å²) in [4.78, 5) is 0. The van der Waals surface area contributed by atoms with Gasteiger partial charge in [0.2, 0.25) is 0 Å². The smallest absolute Gasteiger partial charge is 0.119 e. The van der Waals surface area contributed by atoms with Gasteiger partial charge >= 0.3 is 0 Å². The Morgan fingerprint density at radius 2 is 1.48 bits per heavy atom. The van der Waals surface area contributed by atoms with Crippen molar-refractivity contribution in [1.29, 1.82) is 0 Å². The first-order valence-electron chi connectivity index (χ1n) is 8.92. The van der Waals surface area contributed by atoms with Gasteiger partial charge in [0, 0.05) is 5.39 Å². The van der Waals surface area contributed by atoms with Crippen molar-refractivity contribution >= 4 is 22.7 Å². The van der Waals surface area contributed by atoms with Crippen molar-refractivity contribution in [2.24, 2.45) is 5.10 Å². The Labute approximate surface area is 158 Å². The van der Waals surface area contributed by atoms with E-state index in [2.05, 4.69) is 40.9 Å². The van der Waals surface area contributed by atoms with Crippen LogP contribution in [-0.4, -0.2) is 6.21 Å². The quantitative estimate of drug-likeness (QED) is 0.348. The largest absolute Gasteiger partial charge is 0.489 e. The minimum Gasteiger partial charge on any atom is -0.489 e. The average molecular weight is 352 g/mol. The summed E-state index contributed by atoms with van der Waals surface area (Å²) < 4.78 is 5.81. The number of fused-ring (bicyclic) bond motifs is 1. The molecular formula is C24H20N2O. The molecule has 0 aliphatic rings. The highest BCUT2D eigenvalue weighted by atomic mass is 16.5. The maximum absolute atomic E-state index is 5.81. The van der Waals surface area contributed by atoms with E-state index >= 15 is 0 Å². The molecule has 3 heteroatoms. The summed E-state index contributed by atoms with van der Waals surface area (Å²) in [6, 6.07) is 32.5. The van der Waals surface area contributed by atoms with E-state index in [1.807, 2.05) is 72.9 Å². The number of hydrazone groups is 1. The van der Waals surface area contributed by atoms with Gasteiger partial charge in [0.15, 0.2) is 0 Å². The molecule has 0 heterocycles. The molecule has 0 bridgehead atoms. The monoisotopic (exact) mass is 352 g/mol. The fourth-order valence-electron chi connectivity index (χ4n) is 2.89. The third-order valence-corrected chi connectivity index (χ3v) is 4.32. The molecule has 0 amide bonds. The van der Waals surface area contributed by atoms with Crippen LogP contribution in [0.3, 0.4) is 0 Å². The van der Waals surface area contributed by atoms with Crippen LogP contribution in [0.1, 0.15) is 11.1 Å². The van der Waals surface area contributed by atoms with Crippen LogP contribution in [0.15, 0.2) is 102 Å². The summed E-state index contributed by atoms with van der Waals surface area (Å²) in [5.41, 5.74) is 6.29. The molecule has 0 saturated carbocycles. The fraction of sp³-hybridized carbons (Fsp3) is 0.0417. The topological polar surface area (TPSA) is 33.6 Å². The zero-order chi connectivity index (χ0) is 18.3. The van der Waals surface area contributed by atoms with Crippen LogP contribution in [0, 0.1) is 0 Å². The number of hydrogen-bond acceptors (Lipinski definition) is 3. The van der Waals surface area contributed by atoms with E-state index < -0.39 is 0 Å². The van der Waals surface area contributed by atoms with Crippen molar-refractivity contribution in [2.75, 3.05) is 5.43 Å². The van der Waals surface area contributed by atoms with E-state index in [-0.39, 0.29) is 0 Å². The van der Waals surface area contributed by atoms with Crippen LogP contribution in [-0.2, 0) is 6.61 Å². The molecule has 0 unspecified atom stereocenters. The fourth-order valence-corrected chi connectivity index (χ4v) is 2.89. The number of anilines is 1. The standard InChI is InChI=1S/C24H20N2O/c1-2-7-20(8-3-1)18-27-22-15-13-19(14-16-22)17-25-26-24-12-6-10-21-9-4-5-11-23(21)24/h1-17,26H,18H2. The normalized spacial score (nSPS) is 11.0. The van der Waals surface area contributed by atoms with Gasteiger partial charge in [0.25, 0.3) is 0 Å². The lowest BCUT2D eigenvalue weighted by molar-refractivity contribution is 0.306. The Morgan fingerprint density at radius 3 is 2.33 bits per heavy atom. The molecule has 0 atom stereocenters. The molecule has 27 heavy (non-hydrogen) atoms. The maximum atomic E-state index is 5.81. The van der Waals surface area contributed by atoms with Crippen molar-refractivity contribution in [3.05, 3.63) is 108 Å². The van der Waals surface area contributed by atoms with Gasteiger partial charge in [-0.3, -0.25) is 5.43 Å². The number of nitrogens with zero attached hydrogens (tertiary/aromatic N) is 1. The van der Waals surface area contributed by atoms with E-state index in [1.165, 1.54) is 5.39 Å². The third kappa shape index (κ3) is 4.33. The summed E-state index contributed by atoms with van der Waals surface area (Å²) >= 11 is 0. The lowest BCUT2D eigenvalue weighted by Crippen LogP contribution is -1.95. The van der Waals surface area contributed by atoms with Gasteiger partial charge in [0.1, 0.15) is 12.4 Å². The van der Waals surface area contributed by atoms with E-state index in [4.69, 9.17) is 4.74 Å². The van der Waals surface area contributed by atoms with Crippen molar-refractivity contribution in [1.82, 2.24) is 0 Å². The first kappa shape index (κ1) is 16.9. The molecule has 4 aromatic carbocycles. The molecule has 1 N–H and O–H groups in total. The van der Waals surface area contributed by atoms with Crippen LogP contribution >= 0.6 is 0 Å². The van der Waals surface area contributed by atoms with Gasteiger partial charge in [0.05, 0.1) is 11.9 Å². The summed E-state index contributed by atoms with van der Waals surface area (Å²) in [7, 11) is 0. The molecule has 0 saturated heterocycles. The van der Waals surface area contributed by atoms with Gasteiger partial charge in [-0.25, -0.2) is 0 Å². The van der Waals surface area contributed by atoms with Crippen LogP contribution in [0.25, 0.3) is 10.8 Å². The minimum atomic E-state index is 0.566. The van der Waals surface area contributed by atoms with E-state index in [0.29, 0.717) is 6.61 Å². The van der Waals surface area contributed by atoms with Crippen LogP contribution in [0.2, 0.25) is 0 Å². The van der Waals surface area contributed by atoms with Crippen LogP contribution < -0.4 is 10.2 Å². The number of ether oxygens (including phenoxy) is 1. The van der Waals surface area contributed by atoms with Gasteiger partial charge in [-0.2, -0.15) is 5.10 Å². The summed E-state index contributed by atoms with van der Waals surface area (Å²) in [5, 5.41) is 6.72. The number of nitrogens with one attached hydrogen (secondary N) is 1. The third-order valence-electron chi connectivity index (χ3n) is 4.32. The summed E-state index contributed by atoms with van der Waals surface area (Å²) in [6.07, 6.45) is 1.81. The molecule has 4 aromatic rings. The lowest BCUT2D eigenvalue weighted by Gasteiger charge is -2.07. The molecule has 3 nitrogen and oxygen atoms in total. The highest BCUT2D eigenvalue weighted by Crippen LogP contribution is 2.22. The van der Waals surface area contributed by atoms with Crippen LogP contribution in [0.4, 0.5) is 5.69 Å². The SMILES string of the molecule is C(=NNc1cccc2ccccc12)c1ccc(OCc2ccccc2)cc1. The second-order valence-electron chi connectivity index (χ2n) is 6.24. The van der Waals surface area contributed by atoms with Crippen molar-refractivity contribution in [3.8, 4) is 5.75 Å². The molecule has 0 aromatic heterocycles. The van der Waals surface area contributed by atoms with Gasteiger partial charge in [-0.05, 0) is 46.8 Å². The molecule has 4 rings (SSSR count). The Balaban J connectivity index is 1.38.